The molecular weight excluding hydrogens is 220 g/mol. The molecule has 0 saturated heterocycles. The molecule has 1 aromatic carbocycles. The predicted molar refractivity (Wildman–Crippen MR) is 75.7 cm³/mol. The zero-order valence-corrected chi connectivity index (χ0v) is 10.6. The maximum absolute atomic E-state index is 4.52. The topological polar surface area (TPSA) is 25.8 Å². The number of hydrogen-bond donors (Lipinski definition) is 0. The highest BCUT2D eigenvalue weighted by Crippen LogP contribution is 2.26. The van der Waals surface area contributed by atoms with Crippen molar-refractivity contribution in [2.45, 2.75) is 26.2 Å². The average molecular weight is 236 g/mol. The summed E-state index contributed by atoms with van der Waals surface area (Å²) in [7, 11) is 0. The monoisotopic (exact) mass is 236 g/mol. The predicted octanol–water partition coefficient (Wildman–Crippen LogP) is 4.13. The van der Waals surface area contributed by atoms with Gasteiger partial charge in [0, 0.05) is 23.2 Å². The third-order valence-corrected chi connectivity index (χ3v) is 3.35. The van der Waals surface area contributed by atoms with Gasteiger partial charge < -0.3 is 0 Å². The molecule has 0 atom stereocenters. The number of unbranched alkanes of at least 4 members (excludes halogenated alkanes) is 1. The average Bonchev–Trinajstić information content (AvgIpc) is 2.45. The van der Waals surface area contributed by atoms with E-state index in [9.17, 15) is 0 Å². The number of aromatic nitrogens is 2. The van der Waals surface area contributed by atoms with E-state index in [2.05, 4.69) is 35.1 Å². The summed E-state index contributed by atoms with van der Waals surface area (Å²) in [5.74, 6) is 0. The van der Waals surface area contributed by atoms with Gasteiger partial charge in [-0.15, -0.1) is 0 Å². The third kappa shape index (κ3) is 1.84. The van der Waals surface area contributed by atoms with Gasteiger partial charge in [-0.3, -0.25) is 9.97 Å². The quantitative estimate of drug-likeness (QED) is 0.639. The van der Waals surface area contributed by atoms with Crippen LogP contribution in [0, 0.1) is 0 Å². The van der Waals surface area contributed by atoms with E-state index in [1.807, 2.05) is 24.5 Å². The van der Waals surface area contributed by atoms with Crippen molar-refractivity contribution in [3.63, 3.8) is 0 Å². The molecule has 2 heterocycles. The lowest BCUT2D eigenvalue weighted by Crippen LogP contribution is -1.92. The maximum Gasteiger partial charge on any atom is 0.0967 e. The van der Waals surface area contributed by atoms with Crippen molar-refractivity contribution in [2.75, 3.05) is 0 Å². The Labute approximate surface area is 107 Å². The fraction of sp³-hybridized carbons (Fsp3) is 0.250. The van der Waals surface area contributed by atoms with Crippen LogP contribution in [0.15, 0.2) is 42.7 Å². The Kier molecular flexibility index (Phi) is 2.93. The van der Waals surface area contributed by atoms with Crippen LogP contribution in [0.1, 0.15) is 25.3 Å². The highest BCUT2D eigenvalue weighted by atomic mass is 14.7. The molecular formula is C16H16N2. The summed E-state index contributed by atoms with van der Waals surface area (Å²) in [5, 5.41) is 2.44. The Bertz CT molecular complexity index is 689. The van der Waals surface area contributed by atoms with Crippen LogP contribution in [0.2, 0.25) is 0 Å². The highest BCUT2D eigenvalue weighted by Gasteiger charge is 2.07. The lowest BCUT2D eigenvalue weighted by atomic mass is 10.00. The second kappa shape index (κ2) is 4.73. The van der Waals surface area contributed by atoms with Gasteiger partial charge in [0.2, 0.25) is 0 Å². The molecule has 3 rings (SSSR count). The molecule has 0 aliphatic carbocycles. The number of aryl methyl sites for hydroxylation is 1. The summed E-state index contributed by atoms with van der Waals surface area (Å²) in [5.41, 5.74) is 3.43. The number of rotatable bonds is 3. The first kappa shape index (κ1) is 11.1. The van der Waals surface area contributed by atoms with E-state index >= 15 is 0 Å². The number of hydrogen-bond acceptors (Lipinski definition) is 2. The van der Waals surface area contributed by atoms with Crippen molar-refractivity contribution in [3.05, 3.63) is 48.3 Å². The first-order valence-electron chi connectivity index (χ1n) is 6.51. The van der Waals surface area contributed by atoms with Gasteiger partial charge in [-0.25, -0.2) is 0 Å². The van der Waals surface area contributed by atoms with Gasteiger partial charge in [-0.05, 0) is 36.6 Å². The molecule has 0 saturated carbocycles. The lowest BCUT2D eigenvalue weighted by Gasteiger charge is -2.08. The zero-order chi connectivity index (χ0) is 12.4. The molecule has 3 aromatic rings. The van der Waals surface area contributed by atoms with E-state index in [0.717, 1.165) is 17.5 Å². The van der Waals surface area contributed by atoms with Gasteiger partial charge in [-0.1, -0.05) is 25.5 Å². The summed E-state index contributed by atoms with van der Waals surface area (Å²) in [6, 6.07) is 10.5. The molecule has 0 spiro atoms. The van der Waals surface area contributed by atoms with E-state index in [4.69, 9.17) is 0 Å². The molecule has 18 heavy (non-hydrogen) atoms. The maximum atomic E-state index is 4.52. The van der Waals surface area contributed by atoms with Crippen LogP contribution in [0.4, 0.5) is 0 Å². The van der Waals surface area contributed by atoms with Gasteiger partial charge in [0.05, 0.1) is 11.0 Å². The number of benzene rings is 1. The van der Waals surface area contributed by atoms with Crippen LogP contribution in [0.25, 0.3) is 21.8 Å². The second-order valence-corrected chi connectivity index (χ2v) is 4.61. The van der Waals surface area contributed by atoms with Crippen molar-refractivity contribution in [1.29, 1.82) is 0 Å². The molecule has 0 aliphatic rings. The van der Waals surface area contributed by atoms with Crippen molar-refractivity contribution in [2.24, 2.45) is 0 Å². The lowest BCUT2D eigenvalue weighted by molar-refractivity contribution is 0.799. The first-order chi connectivity index (χ1) is 8.90. The standard InChI is InChI=1S/C16H16N2/c1-2-3-6-12-11-13-7-4-9-17-15(13)16-14(12)8-5-10-18-16/h4-5,7-11H,2-3,6H2,1H3. The minimum atomic E-state index is 1.01. The third-order valence-electron chi connectivity index (χ3n) is 3.35. The fourth-order valence-electron chi connectivity index (χ4n) is 2.42. The summed E-state index contributed by atoms with van der Waals surface area (Å²) in [6.45, 7) is 2.23. The minimum Gasteiger partial charge on any atom is -0.254 e. The Balaban J connectivity index is 2.32. The SMILES string of the molecule is CCCCc1cc2cccnc2c2ncccc12. The van der Waals surface area contributed by atoms with Crippen LogP contribution in [0.5, 0.6) is 0 Å². The van der Waals surface area contributed by atoms with Crippen LogP contribution in [0.3, 0.4) is 0 Å². The van der Waals surface area contributed by atoms with Crippen LogP contribution >= 0.6 is 0 Å². The van der Waals surface area contributed by atoms with Gasteiger partial charge >= 0.3 is 0 Å². The molecule has 90 valence electrons. The van der Waals surface area contributed by atoms with Gasteiger partial charge in [0.15, 0.2) is 0 Å². The number of nitrogens with zero attached hydrogens (tertiary/aromatic N) is 2. The molecule has 0 bridgehead atoms. The van der Waals surface area contributed by atoms with Crippen molar-refractivity contribution in [3.8, 4) is 0 Å². The van der Waals surface area contributed by atoms with Gasteiger partial charge in [-0.2, -0.15) is 0 Å². The number of fused-ring (bicyclic) bond motifs is 3. The Morgan fingerprint density at radius 3 is 2.61 bits per heavy atom. The van der Waals surface area contributed by atoms with E-state index in [-0.39, 0.29) is 0 Å². The molecule has 0 unspecified atom stereocenters. The molecule has 0 N–H and O–H groups in total. The Morgan fingerprint density at radius 1 is 1.00 bits per heavy atom. The molecule has 0 radical (unpaired) electrons. The van der Waals surface area contributed by atoms with Gasteiger partial charge in [0.25, 0.3) is 0 Å². The molecule has 2 heteroatoms. The molecule has 0 aliphatic heterocycles. The Hall–Kier alpha value is -1.96. The van der Waals surface area contributed by atoms with Crippen molar-refractivity contribution < 1.29 is 0 Å². The van der Waals surface area contributed by atoms with Crippen LogP contribution in [-0.2, 0) is 6.42 Å². The first-order valence-corrected chi connectivity index (χ1v) is 6.51. The smallest absolute Gasteiger partial charge is 0.0967 e. The zero-order valence-electron chi connectivity index (χ0n) is 10.6. The molecule has 0 fully saturated rings. The second-order valence-electron chi connectivity index (χ2n) is 4.61. The fourth-order valence-corrected chi connectivity index (χ4v) is 2.42. The summed E-state index contributed by atoms with van der Waals surface area (Å²) in [4.78, 5) is 8.98. The molecule has 0 amide bonds. The molecule has 2 nitrogen and oxygen atoms in total. The Morgan fingerprint density at radius 2 is 1.78 bits per heavy atom. The highest BCUT2D eigenvalue weighted by molar-refractivity contribution is 6.04. The molecule has 2 aromatic heterocycles. The van der Waals surface area contributed by atoms with Gasteiger partial charge in [0.1, 0.15) is 0 Å². The largest absolute Gasteiger partial charge is 0.254 e. The van der Waals surface area contributed by atoms with E-state index < -0.39 is 0 Å². The summed E-state index contributed by atoms with van der Waals surface area (Å²) < 4.78 is 0. The van der Waals surface area contributed by atoms with Crippen LogP contribution in [-0.4, -0.2) is 9.97 Å². The number of pyridine rings is 2. The van der Waals surface area contributed by atoms with E-state index in [0.29, 0.717) is 0 Å². The van der Waals surface area contributed by atoms with Crippen LogP contribution < -0.4 is 0 Å². The van der Waals surface area contributed by atoms with Crippen molar-refractivity contribution >= 4 is 21.8 Å². The van der Waals surface area contributed by atoms with E-state index in [1.54, 1.807) is 0 Å². The van der Waals surface area contributed by atoms with Crippen molar-refractivity contribution in [1.82, 2.24) is 9.97 Å². The van der Waals surface area contributed by atoms with E-state index in [1.165, 1.54) is 29.2 Å². The minimum absolute atomic E-state index is 1.01. The normalized spacial score (nSPS) is 11.2. The summed E-state index contributed by atoms with van der Waals surface area (Å²) >= 11 is 0. The summed E-state index contributed by atoms with van der Waals surface area (Å²) in [6.07, 6.45) is 7.23.